The summed E-state index contributed by atoms with van der Waals surface area (Å²) in [5.74, 6) is -0.264. The number of amides is 1. The van der Waals surface area contributed by atoms with Crippen LogP contribution >= 0.6 is 11.6 Å². The van der Waals surface area contributed by atoms with Crippen molar-refractivity contribution in [1.82, 2.24) is 4.90 Å². The molecule has 1 heterocycles. The second-order valence-corrected chi connectivity index (χ2v) is 5.97. The zero-order valence-electron chi connectivity index (χ0n) is 12.5. The Hall–Kier alpha value is -1.75. The highest BCUT2D eigenvalue weighted by atomic mass is 35.5. The molecule has 1 aromatic carbocycles. The minimum absolute atomic E-state index is 0.0931. The summed E-state index contributed by atoms with van der Waals surface area (Å²) in [7, 11) is 1.51. The second kappa shape index (κ2) is 7.49. The number of ether oxygens (including phenoxy) is 1. The molecule has 1 saturated heterocycles. The number of rotatable bonds is 4. The number of carbonyl (C=O) groups excluding carboxylic acids is 1. The van der Waals surface area contributed by atoms with E-state index in [4.69, 9.17) is 21.4 Å². The summed E-state index contributed by atoms with van der Waals surface area (Å²) in [5.41, 5.74) is 0.489. The third-order valence-corrected chi connectivity index (χ3v) is 4.23. The zero-order valence-corrected chi connectivity index (χ0v) is 13.3. The van der Waals surface area contributed by atoms with Gasteiger partial charge in [0.2, 0.25) is 0 Å². The van der Waals surface area contributed by atoms with E-state index in [9.17, 15) is 9.59 Å². The quantitative estimate of drug-likeness (QED) is 0.923. The van der Waals surface area contributed by atoms with Crippen LogP contribution in [0.3, 0.4) is 0 Å². The Morgan fingerprint density at radius 1 is 1.36 bits per heavy atom. The summed E-state index contributed by atoms with van der Waals surface area (Å²) < 4.78 is 5.23. The van der Waals surface area contributed by atoms with Gasteiger partial charge in [0.25, 0.3) is 5.91 Å². The van der Waals surface area contributed by atoms with E-state index >= 15 is 0 Å². The average Bonchev–Trinajstić information content (AvgIpc) is 2.71. The van der Waals surface area contributed by atoms with Gasteiger partial charge < -0.3 is 14.7 Å². The summed E-state index contributed by atoms with van der Waals surface area (Å²) in [4.78, 5) is 25.3. The Kier molecular flexibility index (Phi) is 5.66. The fourth-order valence-corrected chi connectivity index (χ4v) is 2.99. The van der Waals surface area contributed by atoms with E-state index in [1.165, 1.54) is 7.11 Å². The lowest BCUT2D eigenvalue weighted by Crippen LogP contribution is -2.32. The number of carboxylic acids is 1. The van der Waals surface area contributed by atoms with Crippen LogP contribution in [0.5, 0.6) is 5.75 Å². The van der Waals surface area contributed by atoms with E-state index in [0.717, 1.165) is 12.8 Å². The van der Waals surface area contributed by atoms with Gasteiger partial charge in [0.05, 0.1) is 12.7 Å². The molecular formula is C16H20ClNO4. The molecule has 0 aliphatic carbocycles. The van der Waals surface area contributed by atoms with Gasteiger partial charge in [-0.2, -0.15) is 0 Å². The molecule has 1 aromatic rings. The number of aliphatic carboxylic acids is 1. The monoisotopic (exact) mass is 325 g/mol. The van der Waals surface area contributed by atoms with Crippen molar-refractivity contribution in [3.8, 4) is 5.75 Å². The Morgan fingerprint density at radius 2 is 2.14 bits per heavy atom. The van der Waals surface area contributed by atoms with Crippen LogP contribution in [0.15, 0.2) is 18.2 Å². The van der Waals surface area contributed by atoms with Gasteiger partial charge in [-0.15, -0.1) is 0 Å². The van der Waals surface area contributed by atoms with Crippen molar-refractivity contribution in [2.24, 2.45) is 5.92 Å². The molecule has 6 heteroatoms. The second-order valence-electron chi connectivity index (χ2n) is 5.53. The molecule has 1 amide bonds. The number of methoxy groups -OCH3 is 1. The van der Waals surface area contributed by atoms with Crippen LogP contribution in [0, 0.1) is 5.92 Å². The van der Waals surface area contributed by atoms with E-state index in [0.29, 0.717) is 35.8 Å². The van der Waals surface area contributed by atoms with Crippen LogP contribution in [0.25, 0.3) is 0 Å². The highest BCUT2D eigenvalue weighted by Gasteiger charge is 2.24. The first-order chi connectivity index (χ1) is 10.5. The Morgan fingerprint density at radius 3 is 2.82 bits per heavy atom. The maximum atomic E-state index is 12.7. The molecule has 22 heavy (non-hydrogen) atoms. The third kappa shape index (κ3) is 4.13. The minimum atomic E-state index is -0.774. The molecule has 1 atom stereocenters. The molecule has 0 radical (unpaired) electrons. The van der Waals surface area contributed by atoms with Crippen molar-refractivity contribution in [2.45, 2.75) is 25.7 Å². The molecule has 1 aliphatic heterocycles. The average molecular weight is 326 g/mol. The normalized spacial score (nSPS) is 18.6. The molecule has 1 aliphatic rings. The summed E-state index contributed by atoms with van der Waals surface area (Å²) in [6.07, 6.45) is 2.55. The van der Waals surface area contributed by atoms with Crippen LogP contribution in [-0.4, -0.2) is 42.1 Å². The van der Waals surface area contributed by atoms with E-state index in [1.807, 2.05) is 0 Å². The van der Waals surface area contributed by atoms with Crippen LogP contribution < -0.4 is 4.74 Å². The minimum Gasteiger partial charge on any atom is -0.496 e. The van der Waals surface area contributed by atoms with Crippen LogP contribution in [0.4, 0.5) is 0 Å². The third-order valence-electron chi connectivity index (χ3n) is 3.99. The molecule has 120 valence electrons. The van der Waals surface area contributed by atoms with Gasteiger partial charge in [-0.05, 0) is 43.4 Å². The number of likely N-dealkylation sites (tertiary alicyclic amines) is 1. The summed E-state index contributed by atoms with van der Waals surface area (Å²) >= 11 is 5.92. The molecule has 1 N–H and O–H groups in total. The van der Waals surface area contributed by atoms with Crippen LogP contribution in [0.1, 0.15) is 36.0 Å². The maximum absolute atomic E-state index is 12.7. The SMILES string of the molecule is COc1cc(Cl)ccc1C(=O)N1CCC[C@H](CC(=O)O)CC1. The standard InChI is InChI=1S/C16H20ClNO4/c1-22-14-10-12(17)4-5-13(14)16(21)18-7-2-3-11(6-8-18)9-15(19)20/h4-5,10-11H,2-3,6-9H2,1H3,(H,19,20)/t11-/m0/s1. The Labute approximate surface area is 134 Å². The number of benzene rings is 1. The molecule has 0 unspecified atom stereocenters. The van der Waals surface area contributed by atoms with Gasteiger partial charge in [-0.25, -0.2) is 0 Å². The molecule has 5 nitrogen and oxygen atoms in total. The first kappa shape index (κ1) is 16.6. The molecule has 2 rings (SSSR count). The fourth-order valence-electron chi connectivity index (χ4n) is 2.83. The van der Waals surface area contributed by atoms with Gasteiger partial charge >= 0.3 is 5.97 Å². The highest BCUT2D eigenvalue weighted by molar-refractivity contribution is 6.30. The van der Waals surface area contributed by atoms with E-state index < -0.39 is 5.97 Å². The largest absolute Gasteiger partial charge is 0.496 e. The number of halogens is 1. The van der Waals surface area contributed by atoms with Crippen molar-refractivity contribution >= 4 is 23.5 Å². The number of carbonyl (C=O) groups is 2. The Balaban J connectivity index is 2.08. The molecule has 0 aromatic heterocycles. The number of hydrogen-bond acceptors (Lipinski definition) is 3. The van der Waals surface area contributed by atoms with E-state index in [-0.39, 0.29) is 18.2 Å². The van der Waals surface area contributed by atoms with Crippen molar-refractivity contribution < 1.29 is 19.4 Å². The van der Waals surface area contributed by atoms with Gasteiger partial charge in [-0.3, -0.25) is 9.59 Å². The predicted octanol–water partition coefficient (Wildman–Crippen LogP) is 3.07. The first-order valence-corrected chi connectivity index (χ1v) is 7.73. The molecule has 0 saturated carbocycles. The Bertz CT molecular complexity index is 561. The van der Waals surface area contributed by atoms with Crippen LogP contribution in [-0.2, 0) is 4.79 Å². The van der Waals surface area contributed by atoms with Gasteiger partial charge in [0, 0.05) is 24.5 Å². The lowest BCUT2D eigenvalue weighted by Gasteiger charge is -2.21. The lowest BCUT2D eigenvalue weighted by molar-refractivity contribution is -0.138. The van der Waals surface area contributed by atoms with Crippen molar-refractivity contribution in [3.05, 3.63) is 28.8 Å². The molecular weight excluding hydrogens is 306 g/mol. The summed E-state index contributed by atoms with van der Waals surface area (Å²) in [5, 5.41) is 9.41. The highest BCUT2D eigenvalue weighted by Crippen LogP contribution is 2.27. The smallest absolute Gasteiger partial charge is 0.303 e. The van der Waals surface area contributed by atoms with Crippen LogP contribution in [0.2, 0.25) is 5.02 Å². The summed E-state index contributed by atoms with van der Waals surface area (Å²) in [6, 6.07) is 4.96. The molecule has 0 bridgehead atoms. The number of nitrogens with zero attached hydrogens (tertiary/aromatic N) is 1. The lowest BCUT2D eigenvalue weighted by atomic mass is 9.97. The van der Waals surface area contributed by atoms with Gasteiger partial charge in [0.15, 0.2) is 0 Å². The van der Waals surface area contributed by atoms with Gasteiger partial charge in [-0.1, -0.05) is 11.6 Å². The zero-order chi connectivity index (χ0) is 16.1. The predicted molar refractivity (Wildman–Crippen MR) is 83.5 cm³/mol. The van der Waals surface area contributed by atoms with Crippen molar-refractivity contribution in [2.75, 3.05) is 20.2 Å². The van der Waals surface area contributed by atoms with Crippen molar-refractivity contribution in [3.63, 3.8) is 0 Å². The first-order valence-electron chi connectivity index (χ1n) is 7.36. The van der Waals surface area contributed by atoms with Crippen molar-refractivity contribution in [1.29, 1.82) is 0 Å². The molecule has 1 fully saturated rings. The number of carboxylic acid groups (broad SMARTS) is 1. The maximum Gasteiger partial charge on any atom is 0.303 e. The van der Waals surface area contributed by atoms with E-state index in [2.05, 4.69) is 0 Å². The van der Waals surface area contributed by atoms with Gasteiger partial charge in [0.1, 0.15) is 5.75 Å². The van der Waals surface area contributed by atoms with E-state index in [1.54, 1.807) is 23.1 Å². The molecule has 0 spiro atoms. The summed E-state index contributed by atoms with van der Waals surface area (Å²) in [6.45, 7) is 1.21. The number of hydrogen-bond donors (Lipinski definition) is 1. The fraction of sp³-hybridized carbons (Fsp3) is 0.500. The topological polar surface area (TPSA) is 66.8 Å².